The maximum atomic E-state index is 12.9. The van der Waals surface area contributed by atoms with E-state index in [-0.39, 0.29) is 12.5 Å². The Balaban J connectivity index is 2.18. The van der Waals surface area contributed by atoms with E-state index in [0.29, 0.717) is 49.0 Å². The minimum atomic E-state index is -0.847. The molecule has 1 heterocycles. The van der Waals surface area contributed by atoms with Crippen LogP contribution >= 0.6 is 0 Å². The highest BCUT2D eigenvalue weighted by atomic mass is 16.5. The van der Waals surface area contributed by atoms with Crippen LogP contribution in [-0.4, -0.2) is 48.7 Å². The van der Waals surface area contributed by atoms with Gasteiger partial charge in [0, 0.05) is 19.2 Å². The molecule has 138 valence electrons. The van der Waals surface area contributed by atoms with Crippen molar-refractivity contribution >= 4 is 11.9 Å². The quantitative estimate of drug-likeness (QED) is 0.819. The van der Waals surface area contributed by atoms with Crippen molar-refractivity contribution in [3.05, 3.63) is 23.8 Å². The van der Waals surface area contributed by atoms with Gasteiger partial charge >= 0.3 is 5.97 Å². The molecule has 1 aliphatic rings. The van der Waals surface area contributed by atoms with Gasteiger partial charge in [0.1, 0.15) is 11.5 Å². The van der Waals surface area contributed by atoms with Crippen LogP contribution in [0.3, 0.4) is 0 Å². The number of carbonyl (C=O) groups excluding carboxylic acids is 1. The van der Waals surface area contributed by atoms with Crippen LogP contribution in [0.4, 0.5) is 0 Å². The number of aliphatic carboxylic acids is 1. The number of benzene rings is 1. The number of methoxy groups -OCH3 is 1. The zero-order chi connectivity index (χ0) is 18.4. The second-order valence-electron chi connectivity index (χ2n) is 6.82. The molecule has 25 heavy (non-hydrogen) atoms. The Kier molecular flexibility index (Phi) is 6.67. The highest BCUT2D eigenvalue weighted by Crippen LogP contribution is 2.28. The molecule has 0 bridgehead atoms. The van der Waals surface area contributed by atoms with Gasteiger partial charge in [0.05, 0.1) is 25.2 Å². The lowest BCUT2D eigenvalue weighted by atomic mass is 9.97. The number of hydrogen-bond acceptors (Lipinski definition) is 4. The van der Waals surface area contributed by atoms with Gasteiger partial charge in [-0.15, -0.1) is 0 Å². The van der Waals surface area contributed by atoms with E-state index < -0.39 is 11.9 Å². The fraction of sp³-hybridized carbons (Fsp3) is 0.579. The minimum Gasteiger partial charge on any atom is -0.497 e. The number of likely N-dealkylation sites (tertiary alicyclic amines) is 1. The number of carboxylic acids is 1. The molecule has 1 amide bonds. The predicted octanol–water partition coefficient (Wildman–Crippen LogP) is 3.06. The Labute approximate surface area is 148 Å². The fourth-order valence-corrected chi connectivity index (χ4v) is 2.86. The Morgan fingerprint density at radius 1 is 1.36 bits per heavy atom. The van der Waals surface area contributed by atoms with Gasteiger partial charge < -0.3 is 19.5 Å². The molecule has 6 heteroatoms. The van der Waals surface area contributed by atoms with Crippen molar-refractivity contribution in [2.75, 3.05) is 26.8 Å². The van der Waals surface area contributed by atoms with Crippen LogP contribution in [0.15, 0.2) is 18.2 Å². The summed E-state index contributed by atoms with van der Waals surface area (Å²) in [5.41, 5.74) is 0.454. The summed E-state index contributed by atoms with van der Waals surface area (Å²) in [5, 5.41) is 9.22. The highest BCUT2D eigenvalue weighted by molar-refractivity contribution is 5.97. The Bertz CT molecular complexity index is 614. The second-order valence-corrected chi connectivity index (χ2v) is 6.82. The summed E-state index contributed by atoms with van der Waals surface area (Å²) in [5.74, 6) is 0.0822. The second kappa shape index (κ2) is 8.74. The predicted molar refractivity (Wildman–Crippen MR) is 94.2 cm³/mol. The summed E-state index contributed by atoms with van der Waals surface area (Å²) in [4.78, 5) is 25.7. The molecule has 0 spiro atoms. The molecule has 2 rings (SSSR count). The van der Waals surface area contributed by atoms with E-state index in [1.54, 1.807) is 30.2 Å². The molecule has 1 N–H and O–H groups in total. The molecule has 0 unspecified atom stereocenters. The van der Waals surface area contributed by atoms with Crippen molar-refractivity contribution < 1.29 is 24.2 Å². The van der Waals surface area contributed by atoms with Gasteiger partial charge in [-0.25, -0.2) is 0 Å². The van der Waals surface area contributed by atoms with Crippen molar-refractivity contribution in [2.45, 2.75) is 33.1 Å². The molecule has 1 aromatic rings. The van der Waals surface area contributed by atoms with Crippen molar-refractivity contribution in [2.24, 2.45) is 11.8 Å². The van der Waals surface area contributed by atoms with Gasteiger partial charge in [0.25, 0.3) is 5.91 Å². The molecule has 1 aromatic carbocycles. The van der Waals surface area contributed by atoms with Gasteiger partial charge in [-0.2, -0.15) is 0 Å². The van der Waals surface area contributed by atoms with E-state index in [0.717, 1.165) is 6.42 Å². The molecule has 6 nitrogen and oxygen atoms in total. The third kappa shape index (κ3) is 5.11. The minimum absolute atomic E-state index is 0.187. The van der Waals surface area contributed by atoms with Crippen LogP contribution in [-0.2, 0) is 4.79 Å². The van der Waals surface area contributed by atoms with E-state index in [1.165, 1.54) is 0 Å². The largest absolute Gasteiger partial charge is 0.497 e. The summed E-state index contributed by atoms with van der Waals surface area (Å²) in [6.07, 6.45) is 2.19. The lowest BCUT2D eigenvalue weighted by Crippen LogP contribution is -2.42. The number of amides is 1. The summed E-state index contributed by atoms with van der Waals surface area (Å²) in [6, 6.07) is 5.13. The summed E-state index contributed by atoms with van der Waals surface area (Å²) >= 11 is 0. The van der Waals surface area contributed by atoms with Crippen molar-refractivity contribution in [3.8, 4) is 11.5 Å². The number of ether oxygens (including phenoxy) is 2. The fourth-order valence-electron chi connectivity index (χ4n) is 2.86. The topological polar surface area (TPSA) is 76.1 Å². The molecule has 0 saturated carbocycles. The van der Waals surface area contributed by atoms with Crippen molar-refractivity contribution in [1.82, 2.24) is 4.90 Å². The zero-order valence-electron chi connectivity index (χ0n) is 15.2. The average Bonchev–Trinajstić information content (AvgIpc) is 2.60. The van der Waals surface area contributed by atoms with Crippen molar-refractivity contribution in [1.29, 1.82) is 0 Å². The first-order valence-electron chi connectivity index (χ1n) is 8.75. The summed E-state index contributed by atoms with van der Waals surface area (Å²) < 4.78 is 11.1. The van der Waals surface area contributed by atoms with Gasteiger partial charge in [0.15, 0.2) is 0 Å². The summed E-state index contributed by atoms with van der Waals surface area (Å²) in [6.45, 7) is 5.55. The standard InChI is InChI=1S/C19H27NO5/c1-13(2)8-10-25-17-11-15(24-3)6-7-16(17)18(21)20-9-4-5-14(12-20)19(22)23/h6-7,11,13-14H,4-5,8-10,12H2,1-3H3,(H,22,23)/t14-/m0/s1. The van der Waals surface area contributed by atoms with E-state index in [2.05, 4.69) is 13.8 Å². The van der Waals surface area contributed by atoms with Gasteiger partial charge in [-0.1, -0.05) is 13.8 Å². The molecule has 0 aromatic heterocycles. The van der Waals surface area contributed by atoms with Crippen molar-refractivity contribution in [3.63, 3.8) is 0 Å². The van der Waals surface area contributed by atoms with E-state index in [1.807, 2.05) is 0 Å². The highest BCUT2D eigenvalue weighted by Gasteiger charge is 2.30. The van der Waals surface area contributed by atoms with E-state index in [4.69, 9.17) is 9.47 Å². The lowest BCUT2D eigenvalue weighted by molar-refractivity contribution is -0.143. The molecule has 1 saturated heterocycles. The number of piperidine rings is 1. The van der Waals surface area contributed by atoms with Crippen LogP contribution in [0, 0.1) is 11.8 Å². The van der Waals surface area contributed by atoms with Crippen LogP contribution < -0.4 is 9.47 Å². The molecule has 0 radical (unpaired) electrons. The number of nitrogens with zero attached hydrogens (tertiary/aromatic N) is 1. The molecule has 0 aliphatic carbocycles. The van der Waals surface area contributed by atoms with Crippen LogP contribution in [0.5, 0.6) is 11.5 Å². The maximum Gasteiger partial charge on any atom is 0.308 e. The molecule has 1 atom stereocenters. The maximum absolute atomic E-state index is 12.9. The lowest BCUT2D eigenvalue weighted by Gasteiger charge is -2.31. The van der Waals surface area contributed by atoms with Gasteiger partial charge in [-0.05, 0) is 37.3 Å². The number of rotatable bonds is 7. The smallest absolute Gasteiger partial charge is 0.308 e. The third-order valence-electron chi connectivity index (χ3n) is 4.43. The van der Waals surface area contributed by atoms with Gasteiger partial charge in [0.2, 0.25) is 0 Å². The van der Waals surface area contributed by atoms with Crippen LogP contribution in [0.25, 0.3) is 0 Å². The number of carboxylic acid groups (broad SMARTS) is 1. The number of carbonyl (C=O) groups is 2. The first-order chi connectivity index (χ1) is 11.9. The SMILES string of the molecule is COc1ccc(C(=O)N2CCC[C@H](C(=O)O)C2)c(OCCC(C)C)c1. The van der Waals surface area contributed by atoms with Crippen LogP contribution in [0.2, 0.25) is 0 Å². The first-order valence-corrected chi connectivity index (χ1v) is 8.75. The molecule has 1 aliphatic heterocycles. The van der Waals surface area contributed by atoms with E-state index >= 15 is 0 Å². The Morgan fingerprint density at radius 3 is 2.76 bits per heavy atom. The molecular formula is C19H27NO5. The third-order valence-corrected chi connectivity index (χ3v) is 4.43. The molecule has 1 fully saturated rings. The van der Waals surface area contributed by atoms with Crippen LogP contribution in [0.1, 0.15) is 43.5 Å². The zero-order valence-corrected chi connectivity index (χ0v) is 15.2. The normalized spacial score (nSPS) is 17.4. The van der Waals surface area contributed by atoms with Gasteiger partial charge in [-0.3, -0.25) is 9.59 Å². The molecular weight excluding hydrogens is 322 g/mol. The monoisotopic (exact) mass is 349 g/mol. The first kappa shape index (κ1) is 19.1. The number of hydrogen-bond donors (Lipinski definition) is 1. The Hall–Kier alpha value is -2.24. The Morgan fingerprint density at radius 2 is 2.12 bits per heavy atom. The summed E-state index contributed by atoms with van der Waals surface area (Å²) in [7, 11) is 1.57. The average molecular weight is 349 g/mol. The van der Waals surface area contributed by atoms with E-state index in [9.17, 15) is 14.7 Å².